The average Bonchev–Trinajstić information content (AvgIpc) is 3.36. The third-order valence-corrected chi connectivity index (χ3v) is 4.09. The van der Waals surface area contributed by atoms with E-state index in [0.29, 0.717) is 5.02 Å². The SMILES string of the molecule is O=C(NNC(=O)C1CC1c1ccccc1)c1cc(Cl)ccc1O. The summed E-state index contributed by atoms with van der Waals surface area (Å²) in [5.41, 5.74) is 5.82. The number of carbonyl (C=O) groups is 2. The molecule has 0 radical (unpaired) electrons. The first-order valence-corrected chi connectivity index (χ1v) is 7.57. The fourth-order valence-corrected chi connectivity index (χ4v) is 2.69. The number of halogens is 1. The molecule has 1 saturated carbocycles. The number of hydrogen-bond donors (Lipinski definition) is 3. The van der Waals surface area contributed by atoms with E-state index in [9.17, 15) is 14.7 Å². The molecule has 3 rings (SSSR count). The molecule has 2 aromatic rings. The van der Waals surface area contributed by atoms with Gasteiger partial charge in [0, 0.05) is 10.9 Å². The van der Waals surface area contributed by atoms with Crippen molar-refractivity contribution < 1.29 is 14.7 Å². The zero-order valence-electron chi connectivity index (χ0n) is 12.1. The van der Waals surface area contributed by atoms with Crippen LogP contribution in [0.4, 0.5) is 0 Å². The smallest absolute Gasteiger partial charge is 0.273 e. The molecule has 2 unspecified atom stereocenters. The molecule has 2 aromatic carbocycles. The van der Waals surface area contributed by atoms with E-state index in [1.807, 2.05) is 30.3 Å². The Hall–Kier alpha value is -2.53. The second-order valence-electron chi connectivity index (χ2n) is 5.46. The minimum atomic E-state index is -0.615. The van der Waals surface area contributed by atoms with Crippen molar-refractivity contribution in [1.29, 1.82) is 0 Å². The lowest BCUT2D eigenvalue weighted by atomic mass is 10.1. The molecule has 3 N–H and O–H groups in total. The van der Waals surface area contributed by atoms with Crippen molar-refractivity contribution in [3.05, 3.63) is 64.7 Å². The highest BCUT2D eigenvalue weighted by Crippen LogP contribution is 2.47. The van der Waals surface area contributed by atoms with Crippen molar-refractivity contribution in [3.63, 3.8) is 0 Å². The normalized spacial score (nSPS) is 19.0. The molecule has 118 valence electrons. The molecule has 0 aliphatic heterocycles. The van der Waals surface area contributed by atoms with Gasteiger partial charge in [0.15, 0.2) is 0 Å². The molecule has 2 atom stereocenters. The van der Waals surface area contributed by atoms with Gasteiger partial charge in [-0.3, -0.25) is 20.4 Å². The Morgan fingerprint density at radius 3 is 2.57 bits per heavy atom. The van der Waals surface area contributed by atoms with Gasteiger partial charge in [0.1, 0.15) is 5.75 Å². The first kappa shape index (κ1) is 15.4. The molecule has 23 heavy (non-hydrogen) atoms. The van der Waals surface area contributed by atoms with Crippen molar-refractivity contribution in [3.8, 4) is 5.75 Å². The lowest BCUT2D eigenvalue weighted by Gasteiger charge is -2.09. The van der Waals surface area contributed by atoms with Crippen molar-refractivity contribution in [2.75, 3.05) is 0 Å². The van der Waals surface area contributed by atoms with Gasteiger partial charge < -0.3 is 5.11 Å². The standard InChI is InChI=1S/C17H15ClN2O3/c18-11-6-7-15(21)14(8-11)17(23)20-19-16(22)13-9-12(13)10-4-2-1-3-5-10/h1-8,12-13,21H,9H2,(H,19,22)(H,20,23). The van der Waals surface area contributed by atoms with E-state index in [2.05, 4.69) is 10.9 Å². The molecule has 1 aliphatic carbocycles. The number of aromatic hydroxyl groups is 1. The number of phenolic OH excluding ortho intramolecular Hbond substituents is 1. The van der Waals surface area contributed by atoms with Crippen LogP contribution in [0, 0.1) is 5.92 Å². The maximum Gasteiger partial charge on any atom is 0.273 e. The molecule has 1 aliphatic rings. The molecule has 0 saturated heterocycles. The lowest BCUT2D eigenvalue weighted by Crippen LogP contribution is -2.42. The van der Waals surface area contributed by atoms with E-state index in [1.165, 1.54) is 18.2 Å². The van der Waals surface area contributed by atoms with Crippen molar-refractivity contribution in [2.45, 2.75) is 12.3 Å². The first-order valence-electron chi connectivity index (χ1n) is 7.20. The van der Waals surface area contributed by atoms with Gasteiger partial charge in [-0.2, -0.15) is 0 Å². The van der Waals surface area contributed by atoms with Gasteiger partial charge in [-0.25, -0.2) is 0 Å². The van der Waals surface area contributed by atoms with Gasteiger partial charge in [0.05, 0.1) is 5.56 Å². The monoisotopic (exact) mass is 330 g/mol. The number of amides is 2. The number of phenols is 1. The van der Waals surface area contributed by atoms with Gasteiger partial charge >= 0.3 is 0 Å². The van der Waals surface area contributed by atoms with Crippen LogP contribution in [-0.2, 0) is 4.79 Å². The third-order valence-electron chi connectivity index (χ3n) is 3.86. The summed E-state index contributed by atoms with van der Waals surface area (Å²) in [6, 6.07) is 13.9. The van der Waals surface area contributed by atoms with Gasteiger partial charge in [-0.15, -0.1) is 0 Å². The summed E-state index contributed by atoms with van der Waals surface area (Å²) in [7, 11) is 0. The Labute approximate surface area is 138 Å². The summed E-state index contributed by atoms with van der Waals surface area (Å²) in [5.74, 6) is -1.02. The van der Waals surface area contributed by atoms with E-state index < -0.39 is 5.91 Å². The summed E-state index contributed by atoms with van der Waals surface area (Å²) >= 11 is 5.79. The highest BCUT2D eigenvalue weighted by Gasteiger charge is 2.43. The molecule has 0 spiro atoms. The maximum atomic E-state index is 12.1. The van der Waals surface area contributed by atoms with Crippen LogP contribution in [0.1, 0.15) is 28.3 Å². The Bertz CT molecular complexity index is 749. The van der Waals surface area contributed by atoms with Crippen molar-refractivity contribution >= 4 is 23.4 Å². The van der Waals surface area contributed by atoms with Crippen molar-refractivity contribution in [1.82, 2.24) is 10.9 Å². The van der Waals surface area contributed by atoms with Gasteiger partial charge in [0.25, 0.3) is 5.91 Å². The number of carbonyl (C=O) groups excluding carboxylic acids is 2. The molecule has 2 amide bonds. The minimum Gasteiger partial charge on any atom is -0.507 e. The van der Waals surface area contributed by atoms with Crippen LogP contribution in [0.15, 0.2) is 48.5 Å². The van der Waals surface area contributed by atoms with Crippen LogP contribution in [0.25, 0.3) is 0 Å². The number of rotatable bonds is 3. The Morgan fingerprint density at radius 2 is 1.83 bits per heavy atom. The number of hydrogen-bond acceptors (Lipinski definition) is 3. The van der Waals surface area contributed by atoms with Crippen LogP contribution < -0.4 is 10.9 Å². The topological polar surface area (TPSA) is 78.4 Å². The number of benzene rings is 2. The first-order chi connectivity index (χ1) is 11.1. The van der Waals surface area contributed by atoms with Gasteiger partial charge in [-0.1, -0.05) is 41.9 Å². The summed E-state index contributed by atoms with van der Waals surface area (Å²) < 4.78 is 0. The maximum absolute atomic E-state index is 12.1. The third kappa shape index (κ3) is 3.46. The Balaban J connectivity index is 1.56. The zero-order chi connectivity index (χ0) is 16.4. The second-order valence-corrected chi connectivity index (χ2v) is 5.90. The van der Waals surface area contributed by atoms with Crippen LogP contribution in [-0.4, -0.2) is 16.9 Å². The second kappa shape index (κ2) is 6.30. The highest BCUT2D eigenvalue weighted by atomic mass is 35.5. The van der Waals surface area contributed by atoms with Crippen LogP contribution in [0.2, 0.25) is 5.02 Å². The van der Waals surface area contributed by atoms with Gasteiger partial charge in [-0.05, 0) is 36.1 Å². The minimum absolute atomic E-state index is 0.00760. The predicted molar refractivity (Wildman–Crippen MR) is 86.0 cm³/mol. The Morgan fingerprint density at radius 1 is 1.09 bits per heavy atom. The fraction of sp³-hybridized carbons (Fsp3) is 0.176. The summed E-state index contributed by atoms with van der Waals surface area (Å²) in [5, 5.41) is 9.98. The molecule has 6 heteroatoms. The Kier molecular flexibility index (Phi) is 4.21. The lowest BCUT2D eigenvalue weighted by molar-refractivity contribution is -0.123. The largest absolute Gasteiger partial charge is 0.507 e. The van der Waals surface area contributed by atoms with Crippen LogP contribution in [0.5, 0.6) is 5.75 Å². The van der Waals surface area contributed by atoms with E-state index in [0.717, 1.165) is 12.0 Å². The fourth-order valence-electron chi connectivity index (χ4n) is 2.52. The molecule has 0 bridgehead atoms. The van der Waals surface area contributed by atoms with Crippen molar-refractivity contribution in [2.24, 2.45) is 5.92 Å². The van der Waals surface area contributed by atoms with E-state index >= 15 is 0 Å². The molecular weight excluding hydrogens is 316 g/mol. The molecule has 0 aromatic heterocycles. The quantitative estimate of drug-likeness (QED) is 0.757. The summed E-state index contributed by atoms with van der Waals surface area (Å²) in [6.45, 7) is 0. The molecule has 0 heterocycles. The molecule has 1 fully saturated rings. The van der Waals surface area contributed by atoms with E-state index in [1.54, 1.807) is 0 Å². The zero-order valence-corrected chi connectivity index (χ0v) is 12.9. The average molecular weight is 331 g/mol. The predicted octanol–water partition coefficient (Wildman–Crippen LogP) is 2.61. The number of nitrogens with one attached hydrogen (secondary N) is 2. The van der Waals surface area contributed by atoms with E-state index in [-0.39, 0.29) is 29.1 Å². The molecule has 5 nitrogen and oxygen atoms in total. The molecular formula is C17H15ClN2O3. The summed E-state index contributed by atoms with van der Waals surface area (Å²) in [4.78, 5) is 24.0. The van der Waals surface area contributed by atoms with Gasteiger partial charge in [0.2, 0.25) is 5.91 Å². The van der Waals surface area contributed by atoms with Crippen LogP contribution >= 0.6 is 11.6 Å². The summed E-state index contributed by atoms with van der Waals surface area (Å²) in [6.07, 6.45) is 0.758. The highest BCUT2D eigenvalue weighted by molar-refractivity contribution is 6.31. The number of hydrazine groups is 1. The van der Waals surface area contributed by atoms with E-state index in [4.69, 9.17) is 11.6 Å². The van der Waals surface area contributed by atoms with Crippen LogP contribution in [0.3, 0.4) is 0 Å².